The first-order valence-electron chi connectivity index (χ1n) is 3.77. The van der Waals surface area contributed by atoms with Crippen LogP contribution in [0.15, 0.2) is 24.7 Å². The monoisotopic (exact) mass is 162 g/mol. The second kappa shape index (κ2) is 2.48. The van der Waals surface area contributed by atoms with E-state index in [1.54, 1.807) is 6.33 Å². The molecule has 0 saturated heterocycles. The van der Waals surface area contributed by atoms with E-state index in [1.807, 2.05) is 41.4 Å². The summed E-state index contributed by atoms with van der Waals surface area (Å²) in [5.41, 5.74) is 0. The van der Waals surface area contributed by atoms with Crippen molar-refractivity contribution in [3.63, 3.8) is 0 Å². The maximum atomic E-state index is 3.91. The Kier molecular flexibility index (Phi) is 1.46. The zero-order valence-electron chi connectivity index (χ0n) is 7.10. The van der Waals surface area contributed by atoms with Crippen molar-refractivity contribution in [1.82, 2.24) is 19.3 Å². The largest absolute Gasteiger partial charge is 0.337 e. The fraction of sp³-hybridized carbons (Fsp3) is 0.250. The molecule has 0 aromatic carbocycles. The Hall–Kier alpha value is -1.58. The first-order chi connectivity index (χ1) is 5.79. The van der Waals surface area contributed by atoms with E-state index in [0.717, 1.165) is 11.6 Å². The highest BCUT2D eigenvalue weighted by Crippen LogP contribution is 2.07. The molecule has 0 spiro atoms. The van der Waals surface area contributed by atoms with Gasteiger partial charge < -0.3 is 4.57 Å². The van der Waals surface area contributed by atoms with Crippen molar-refractivity contribution in [3.05, 3.63) is 30.5 Å². The molecule has 12 heavy (non-hydrogen) atoms. The Labute approximate surface area is 70.5 Å². The van der Waals surface area contributed by atoms with Crippen molar-refractivity contribution in [2.75, 3.05) is 0 Å². The topological polar surface area (TPSA) is 35.6 Å². The van der Waals surface area contributed by atoms with Crippen molar-refractivity contribution >= 4 is 0 Å². The van der Waals surface area contributed by atoms with Crippen LogP contribution in [0.3, 0.4) is 0 Å². The van der Waals surface area contributed by atoms with Gasteiger partial charge in [-0.05, 0) is 19.1 Å². The van der Waals surface area contributed by atoms with Crippen molar-refractivity contribution < 1.29 is 0 Å². The van der Waals surface area contributed by atoms with Gasteiger partial charge in [0.2, 0.25) is 0 Å². The quantitative estimate of drug-likeness (QED) is 0.625. The van der Waals surface area contributed by atoms with Crippen LogP contribution in [0, 0.1) is 6.92 Å². The fourth-order valence-electron chi connectivity index (χ4n) is 1.22. The third kappa shape index (κ3) is 0.922. The van der Waals surface area contributed by atoms with Gasteiger partial charge in [-0.1, -0.05) is 0 Å². The van der Waals surface area contributed by atoms with Gasteiger partial charge in [0.25, 0.3) is 0 Å². The molecule has 2 rings (SSSR count). The van der Waals surface area contributed by atoms with Crippen LogP contribution in [0.4, 0.5) is 0 Å². The van der Waals surface area contributed by atoms with Crippen molar-refractivity contribution in [1.29, 1.82) is 0 Å². The summed E-state index contributed by atoms with van der Waals surface area (Å²) < 4.78 is 3.97. The number of rotatable bonds is 1. The van der Waals surface area contributed by atoms with Crippen molar-refractivity contribution in [2.45, 2.75) is 6.92 Å². The summed E-state index contributed by atoms with van der Waals surface area (Å²) >= 11 is 0. The molecule has 0 fully saturated rings. The predicted molar refractivity (Wildman–Crippen MR) is 45.1 cm³/mol. The lowest BCUT2D eigenvalue weighted by atomic mass is 10.5. The van der Waals surface area contributed by atoms with Crippen LogP contribution in [-0.4, -0.2) is 19.3 Å². The Morgan fingerprint density at radius 1 is 1.42 bits per heavy atom. The number of aryl methyl sites for hydroxylation is 2. The molecule has 62 valence electrons. The van der Waals surface area contributed by atoms with E-state index in [-0.39, 0.29) is 0 Å². The number of nitrogens with zero attached hydrogens (tertiary/aromatic N) is 4. The molecule has 0 bridgehead atoms. The summed E-state index contributed by atoms with van der Waals surface area (Å²) in [4.78, 5) is 0. The minimum atomic E-state index is 0.900. The van der Waals surface area contributed by atoms with Crippen LogP contribution in [0.25, 0.3) is 5.82 Å². The second-order valence-electron chi connectivity index (χ2n) is 2.73. The molecule has 2 heterocycles. The van der Waals surface area contributed by atoms with E-state index in [9.17, 15) is 0 Å². The van der Waals surface area contributed by atoms with E-state index in [4.69, 9.17) is 0 Å². The summed E-state index contributed by atoms with van der Waals surface area (Å²) in [6.45, 7) is 1.93. The predicted octanol–water partition coefficient (Wildman–Crippen LogP) is 0.914. The number of hydrogen-bond acceptors (Lipinski definition) is 2. The van der Waals surface area contributed by atoms with Crippen LogP contribution in [0.2, 0.25) is 0 Å². The third-order valence-electron chi connectivity index (χ3n) is 1.88. The highest BCUT2D eigenvalue weighted by atomic mass is 15.3. The lowest BCUT2D eigenvalue weighted by Gasteiger charge is -2.03. The van der Waals surface area contributed by atoms with Gasteiger partial charge in [0, 0.05) is 13.2 Å². The molecule has 0 radical (unpaired) electrons. The average Bonchev–Trinajstić information content (AvgIpc) is 2.59. The second-order valence-corrected chi connectivity index (χ2v) is 2.73. The van der Waals surface area contributed by atoms with Gasteiger partial charge in [0.15, 0.2) is 0 Å². The summed E-state index contributed by atoms with van der Waals surface area (Å²) in [6.07, 6.45) is 3.71. The highest BCUT2D eigenvalue weighted by Gasteiger charge is 2.02. The first kappa shape index (κ1) is 7.09. The molecule has 4 nitrogen and oxygen atoms in total. The summed E-state index contributed by atoms with van der Waals surface area (Å²) in [5, 5.41) is 7.73. The third-order valence-corrected chi connectivity index (χ3v) is 1.88. The molecule has 2 aromatic rings. The van der Waals surface area contributed by atoms with Crippen molar-refractivity contribution in [2.24, 2.45) is 7.05 Å². The molecular formula is C8H10N4. The molecule has 0 amide bonds. The standard InChI is InChI=1S/C8H10N4/c1-7-10-9-6-12(7)8-4-3-5-11(8)2/h3-6H,1-2H3. The van der Waals surface area contributed by atoms with Gasteiger partial charge >= 0.3 is 0 Å². The molecule has 0 saturated carbocycles. The van der Waals surface area contributed by atoms with Gasteiger partial charge in [-0.3, -0.25) is 4.57 Å². The lowest BCUT2D eigenvalue weighted by Crippen LogP contribution is -2.01. The molecule has 0 aliphatic rings. The lowest BCUT2D eigenvalue weighted by molar-refractivity contribution is 0.823. The molecule has 2 aromatic heterocycles. The maximum absolute atomic E-state index is 3.91. The van der Waals surface area contributed by atoms with E-state index in [2.05, 4.69) is 10.2 Å². The molecular weight excluding hydrogens is 152 g/mol. The van der Waals surface area contributed by atoms with E-state index in [0.29, 0.717) is 0 Å². The Bertz CT molecular complexity index is 347. The molecule has 0 aliphatic heterocycles. The average molecular weight is 162 g/mol. The van der Waals surface area contributed by atoms with Gasteiger partial charge in [-0.25, -0.2) is 0 Å². The molecule has 0 unspecified atom stereocenters. The van der Waals surface area contributed by atoms with Gasteiger partial charge in [-0.15, -0.1) is 10.2 Å². The number of aromatic nitrogens is 4. The van der Waals surface area contributed by atoms with Crippen LogP contribution >= 0.6 is 0 Å². The van der Waals surface area contributed by atoms with Crippen LogP contribution in [-0.2, 0) is 7.05 Å². The molecule has 4 heteroatoms. The smallest absolute Gasteiger partial charge is 0.135 e. The first-order valence-corrected chi connectivity index (χ1v) is 3.77. The van der Waals surface area contributed by atoms with Gasteiger partial charge in [0.05, 0.1) is 0 Å². The van der Waals surface area contributed by atoms with E-state index < -0.39 is 0 Å². The SMILES string of the molecule is Cc1nncn1-c1cccn1C. The highest BCUT2D eigenvalue weighted by molar-refractivity contribution is 5.25. The van der Waals surface area contributed by atoms with Gasteiger partial charge in [0.1, 0.15) is 18.0 Å². The zero-order chi connectivity index (χ0) is 8.55. The van der Waals surface area contributed by atoms with Crippen molar-refractivity contribution in [3.8, 4) is 5.82 Å². The Morgan fingerprint density at radius 3 is 2.75 bits per heavy atom. The summed E-state index contributed by atoms with van der Waals surface area (Å²) in [7, 11) is 1.99. The Morgan fingerprint density at radius 2 is 2.25 bits per heavy atom. The van der Waals surface area contributed by atoms with Crippen LogP contribution in [0.5, 0.6) is 0 Å². The molecule has 0 atom stereocenters. The van der Waals surface area contributed by atoms with Crippen LogP contribution in [0.1, 0.15) is 5.82 Å². The van der Waals surface area contributed by atoms with E-state index in [1.165, 1.54) is 0 Å². The van der Waals surface area contributed by atoms with Gasteiger partial charge in [-0.2, -0.15) is 0 Å². The summed E-state index contributed by atoms with van der Waals surface area (Å²) in [6, 6.07) is 4.02. The van der Waals surface area contributed by atoms with Crippen LogP contribution < -0.4 is 0 Å². The minimum Gasteiger partial charge on any atom is -0.337 e. The molecule has 0 N–H and O–H groups in total. The van der Waals surface area contributed by atoms with E-state index >= 15 is 0 Å². The number of hydrogen-bond donors (Lipinski definition) is 0. The fourth-order valence-corrected chi connectivity index (χ4v) is 1.22. The molecule has 0 aliphatic carbocycles. The zero-order valence-corrected chi connectivity index (χ0v) is 7.10. The minimum absolute atomic E-state index is 0.900. The maximum Gasteiger partial charge on any atom is 0.135 e. The summed E-state index contributed by atoms with van der Waals surface area (Å²) in [5.74, 6) is 1.98. The Balaban J connectivity index is 2.57. The normalized spacial score (nSPS) is 10.5.